The number of piperidine rings is 1. The number of benzene rings is 1. The van der Waals surface area contributed by atoms with Gasteiger partial charge in [0, 0.05) is 18.3 Å². The van der Waals surface area contributed by atoms with Crippen molar-refractivity contribution in [2.24, 2.45) is 11.8 Å². The van der Waals surface area contributed by atoms with E-state index in [1.54, 1.807) is 13.0 Å². The second kappa shape index (κ2) is 5.58. The lowest BCUT2D eigenvalue weighted by Gasteiger charge is -2.34. The Morgan fingerprint density at radius 2 is 1.90 bits per heavy atom. The van der Waals surface area contributed by atoms with Gasteiger partial charge in [-0.2, -0.15) is 0 Å². The molecule has 2 atom stereocenters. The van der Waals surface area contributed by atoms with Gasteiger partial charge in [0.05, 0.1) is 0 Å². The van der Waals surface area contributed by atoms with E-state index in [4.69, 9.17) is 0 Å². The van der Waals surface area contributed by atoms with Crippen molar-refractivity contribution in [3.8, 4) is 0 Å². The predicted octanol–water partition coefficient (Wildman–Crippen LogP) is 3.07. The smallest absolute Gasteiger partial charge is 0.230 e. The fourth-order valence-corrected chi connectivity index (χ4v) is 3.81. The van der Waals surface area contributed by atoms with Crippen LogP contribution in [0.3, 0.4) is 0 Å². The Bertz CT molecular complexity index is 578. The van der Waals surface area contributed by atoms with Crippen LogP contribution in [-0.4, -0.2) is 11.8 Å². The number of rotatable bonds is 2. The molecule has 3 nitrogen and oxygen atoms in total. The van der Waals surface area contributed by atoms with Gasteiger partial charge in [-0.1, -0.05) is 25.0 Å². The molecule has 3 rings (SSSR count). The molecule has 112 valence electrons. The Morgan fingerprint density at radius 3 is 2.57 bits per heavy atom. The largest absolute Gasteiger partial charge is 0.296 e. The lowest BCUT2D eigenvalue weighted by Crippen LogP contribution is -2.47. The van der Waals surface area contributed by atoms with Crippen molar-refractivity contribution in [3.05, 3.63) is 35.1 Å². The summed E-state index contributed by atoms with van der Waals surface area (Å²) in [6, 6.07) is 5.08. The van der Waals surface area contributed by atoms with Crippen molar-refractivity contribution >= 4 is 11.8 Å². The Hall–Kier alpha value is -1.71. The minimum Gasteiger partial charge on any atom is -0.296 e. The van der Waals surface area contributed by atoms with E-state index >= 15 is 0 Å². The maximum atomic E-state index is 13.8. The number of nitrogens with one attached hydrogen (secondary N) is 1. The van der Waals surface area contributed by atoms with Crippen molar-refractivity contribution in [3.63, 3.8) is 0 Å². The Labute approximate surface area is 123 Å². The van der Waals surface area contributed by atoms with E-state index in [1.165, 1.54) is 6.07 Å². The van der Waals surface area contributed by atoms with Crippen LogP contribution in [0.25, 0.3) is 0 Å². The zero-order valence-electron chi connectivity index (χ0n) is 12.2. The molecular weight excluding hydrogens is 269 g/mol. The number of carbonyl (C=O) groups excluding carboxylic acids is 2. The number of imide groups is 1. The quantitative estimate of drug-likeness (QED) is 0.850. The normalized spacial score (nSPS) is 27.0. The standard InChI is InChI=1S/C17H20FNO2/c1-10-6-7-12(8-14(10)18)13-9-15(20)19-17(21)16(13)11-4-2-3-5-11/h6-8,11,13,16H,2-5,9H2,1H3,(H,19,20,21). The molecule has 2 aliphatic rings. The fraction of sp³-hybridized carbons (Fsp3) is 0.529. The highest BCUT2D eigenvalue weighted by Gasteiger charge is 2.42. The van der Waals surface area contributed by atoms with E-state index in [0.29, 0.717) is 11.5 Å². The van der Waals surface area contributed by atoms with Gasteiger partial charge in [0.2, 0.25) is 11.8 Å². The van der Waals surface area contributed by atoms with Crippen LogP contribution in [0.4, 0.5) is 4.39 Å². The van der Waals surface area contributed by atoms with Gasteiger partial charge in [-0.15, -0.1) is 0 Å². The van der Waals surface area contributed by atoms with Crippen LogP contribution in [-0.2, 0) is 9.59 Å². The first-order chi connectivity index (χ1) is 10.1. The van der Waals surface area contributed by atoms with Crippen LogP contribution in [0.2, 0.25) is 0 Å². The summed E-state index contributed by atoms with van der Waals surface area (Å²) >= 11 is 0. The third-order valence-corrected chi connectivity index (χ3v) is 4.94. The summed E-state index contributed by atoms with van der Waals surface area (Å²) in [5, 5.41) is 2.46. The monoisotopic (exact) mass is 289 g/mol. The number of hydrogen-bond acceptors (Lipinski definition) is 2. The molecule has 21 heavy (non-hydrogen) atoms. The van der Waals surface area contributed by atoms with E-state index in [0.717, 1.165) is 31.2 Å². The molecular formula is C17H20FNO2. The number of carbonyl (C=O) groups is 2. The second-order valence-corrected chi connectivity index (χ2v) is 6.30. The van der Waals surface area contributed by atoms with E-state index in [-0.39, 0.29) is 35.9 Å². The minimum atomic E-state index is -0.267. The highest BCUT2D eigenvalue weighted by Crippen LogP contribution is 2.42. The zero-order valence-corrected chi connectivity index (χ0v) is 12.2. The van der Waals surface area contributed by atoms with Crippen LogP contribution >= 0.6 is 0 Å². The molecule has 1 saturated heterocycles. The summed E-state index contributed by atoms with van der Waals surface area (Å²) in [5.41, 5.74) is 1.36. The third kappa shape index (κ3) is 2.71. The van der Waals surface area contributed by atoms with Gasteiger partial charge in [-0.05, 0) is 42.9 Å². The average molecular weight is 289 g/mol. The first kappa shape index (κ1) is 14.2. The van der Waals surface area contributed by atoms with Crippen molar-refractivity contribution in [1.82, 2.24) is 5.32 Å². The summed E-state index contributed by atoms with van der Waals surface area (Å²) in [6.07, 6.45) is 4.60. The number of hydrogen-bond donors (Lipinski definition) is 1. The molecule has 1 aromatic carbocycles. The molecule has 2 fully saturated rings. The lowest BCUT2D eigenvalue weighted by molar-refractivity contribution is -0.138. The topological polar surface area (TPSA) is 46.2 Å². The molecule has 4 heteroatoms. The predicted molar refractivity (Wildman–Crippen MR) is 77.1 cm³/mol. The molecule has 0 bridgehead atoms. The van der Waals surface area contributed by atoms with Crippen LogP contribution in [0, 0.1) is 24.6 Å². The summed E-state index contributed by atoms with van der Waals surface area (Å²) in [4.78, 5) is 24.0. The van der Waals surface area contributed by atoms with Crippen LogP contribution in [0.15, 0.2) is 18.2 Å². The first-order valence-corrected chi connectivity index (χ1v) is 7.66. The molecule has 1 heterocycles. The van der Waals surface area contributed by atoms with Crippen LogP contribution < -0.4 is 5.32 Å². The van der Waals surface area contributed by atoms with Crippen molar-refractivity contribution < 1.29 is 14.0 Å². The van der Waals surface area contributed by atoms with Gasteiger partial charge in [-0.25, -0.2) is 4.39 Å². The summed E-state index contributed by atoms with van der Waals surface area (Å²) in [5.74, 6) is -0.773. The molecule has 1 aliphatic heterocycles. The SMILES string of the molecule is Cc1ccc(C2CC(=O)NC(=O)C2C2CCCC2)cc1F. The Balaban J connectivity index is 1.95. The zero-order chi connectivity index (χ0) is 15.0. The van der Waals surface area contributed by atoms with Gasteiger partial charge in [0.1, 0.15) is 5.82 Å². The van der Waals surface area contributed by atoms with Crippen molar-refractivity contribution in [1.29, 1.82) is 0 Å². The maximum absolute atomic E-state index is 13.8. The average Bonchev–Trinajstić information content (AvgIpc) is 2.94. The number of aryl methyl sites for hydroxylation is 1. The van der Waals surface area contributed by atoms with Gasteiger partial charge in [0.15, 0.2) is 0 Å². The number of amides is 2. The molecule has 1 aromatic rings. The Morgan fingerprint density at radius 1 is 1.19 bits per heavy atom. The highest BCUT2D eigenvalue weighted by atomic mass is 19.1. The highest BCUT2D eigenvalue weighted by molar-refractivity contribution is 6.00. The van der Waals surface area contributed by atoms with Gasteiger partial charge in [0.25, 0.3) is 0 Å². The third-order valence-electron chi connectivity index (χ3n) is 4.94. The second-order valence-electron chi connectivity index (χ2n) is 6.30. The van der Waals surface area contributed by atoms with Gasteiger partial charge in [-0.3, -0.25) is 14.9 Å². The van der Waals surface area contributed by atoms with Crippen molar-refractivity contribution in [2.75, 3.05) is 0 Å². The molecule has 0 aromatic heterocycles. The summed E-state index contributed by atoms with van der Waals surface area (Å²) in [6.45, 7) is 1.71. The maximum Gasteiger partial charge on any atom is 0.230 e. The van der Waals surface area contributed by atoms with E-state index < -0.39 is 0 Å². The van der Waals surface area contributed by atoms with Crippen LogP contribution in [0.5, 0.6) is 0 Å². The summed E-state index contributed by atoms with van der Waals surface area (Å²) < 4.78 is 13.8. The molecule has 0 radical (unpaired) electrons. The van der Waals surface area contributed by atoms with E-state index in [2.05, 4.69) is 5.32 Å². The van der Waals surface area contributed by atoms with Crippen molar-refractivity contribution in [2.45, 2.75) is 44.9 Å². The first-order valence-electron chi connectivity index (χ1n) is 7.66. The van der Waals surface area contributed by atoms with E-state index in [1.807, 2.05) is 6.07 Å². The van der Waals surface area contributed by atoms with Gasteiger partial charge >= 0.3 is 0 Å². The molecule has 1 aliphatic carbocycles. The lowest BCUT2D eigenvalue weighted by atomic mass is 9.73. The fourth-order valence-electron chi connectivity index (χ4n) is 3.81. The van der Waals surface area contributed by atoms with Crippen LogP contribution in [0.1, 0.15) is 49.1 Å². The van der Waals surface area contributed by atoms with Gasteiger partial charge < -0.3 is 0 Å². The molecule has 1 saturated carbocycles. The summed E-state index contributed by atoms with van der Waals surface area (Å²) in [7, 11) is 0. The molecule has 2 amide bonds. The Kier molecular flexibility index (Phi) is 3.79. The van der Waals surface area contributed by atoms with E-state index in [9.17, 15) is 14.0 Å². The molecule has 1 N–H and O–H groups in total. The molecule has 0 spiro atoms. The number of halogens is 1. The molecule has 2 unspecified atom stereocenters. The minimum absolute atomic E-state index is 0.177.